The van der Waals surface area contributed by atoms with Gasteiger partial charge in [-0.1, -0.05) is 132 Å². The number of benzene rings is 5. The van der Waals surface area contributed by atoms with E-state index in [4.69, 9.17) is 30.5 Å². The molecule has 8 rings (SSSR count). The van der Waals surface area contributed by atoms with Crippen LogP contribution >= 0.6 is 0 Å². The van der Waals surface area contributed by atoms with Gasteiger partial charge in [0.2, 0.25) is 0 Å². The Morgan fingerprint density at radius 2 is 1.25 bits per heavy atom. The molecule has 0 amide bonds. The summed E-state index contributed by atoms with van der Waals surface area (Å²) in [5, 5.41) is 1.07. The molecule has 0 aliphatic carbocycles. The predicted molar refractivity (Wildman–Crippen MR) is 245 cm³/mol. The van der Waals surface area contributed by atoms with E-state index in [1.54, 1.807) is 93.6 Å². The van der Waals surface area contributed by atoms with Crippen LogP contribution in [0.3, 0.4) is 0 Å². The molecule has 0 fully saturated rings. The Hall–Kier alpha value is -5.15. The molecule has 3 heterocycles. The Labute approximate surface area is 392 Å². The van der Waals surface area contributed by atoms with Crippen molar-refractivity contribution >= 4 is 21.9 Å². The van der Waals surface area contributed by atoms with Gasteiger partial charge in [-0.05, 0) is 118 Å². The Kier molecular flexibility index (Phi) is 7.40. The monoisotopic (exact) mass is 973 g/mol. The molecule has 0 N–H and O–H groups in total. The van der Waals surface area contributed by atoms with Gasteiger partial charge in [0.25, 0.3) is 0 Å². The van der Waals surface area contributed by atoms with Crippen LogP contribution in [0, 0.1) is 57.2 Å². The zero-order chi connectivity index (χ0) is 57.4. The molecular weight excluding hydrogens is 897 g/mol. The topological polar surface area (TPSA) is 38.9 Å². The van der Waals surface area contributed by atoms with Gasteiger partial charge in [0.1, 0.15) is 5.58 Å². The van der Waals surface area contributed by atoms with Crippen LogP contribution in [-0.4, -0.2) is 9.97 Å². The van der Waals surface area contributed by atoms with Crippen LogP contribution in [0.25, 0.3) is 66.7 Å². The molecule has 0 unspecified atom stereocenters. The van der Waals surface area contributed by atoms with Gasteiger partial charge in [0.05, 0.1) is 5.58 Å². The van der Waals surface area contributed by atoms with Crippen LogP contribution in [0.1, 0.15) is 107 Å². The number of aromatic nitrogens is 2. The minimum Gasteiger partial charge on any atom is -0.500 e. The molecule has 4 heteroatoms. The van der Waals surface area contributed by atoms with E-state index in [2.05, 4.69) is 22.1 Å². The fraction of sp³-hybridized carbons (Fsp3) is 0.273. The van der Waals surface area contributed by atoms with Crippen LogP contribution in [0.2, 0.25) is 0 Å². The van der Waals surface area contributed by atoms with E-state index < -0.39 is 57.8 Å². The van der Waals surface area contributed by atoms with Crippen LogP contribution in [0.15, 0.2) is 120 Å². The van der Waals surface area contributed by atoms with E-state index >= 15 is 0 Å². The number of hydrogen-bond donors (Lipinski definition) is 0. The Morgan fingerprint density at radius 1 is 0.593 bits per heavy atom. The first kappa shape index (κ1) is 24.8. The maximum atomic E-state index is 8.65. The van der Waals surface area contributed by atoms with Gasteiger partial charge in [-0.25, -0.2) is 0 Å². The summed E-state index contributed by atoms with van der Waals surface area (Å²) in [7, 11) is 0. The van der Waals surface area contributed by atoms with E-state index in [0.717, 1.165) is 6.20 Å². The van der Waals surface area contributed by atoms with E-state index in [1.807, 2.05) is 20.8 Å². The molecule has 0 bridgehead atoms. The first-order chi connectivity index (χ1) is 35.1. The first-order valence-corrected chi connectivity index (χ1v) is 18.8. The van der Waals surface area contributed by atoms with Crippen molar-refractivity contribution in [1.82, 2.24) is 9.97 Å². The van der Waals surface area contributed by atoms with Crippen molar-refractivity contribution in [3.63, 3.8) is 0 Å². The maximum absolute atomic E-state index is 8.65. The summed E-state index contributed by atoms with van der Waals surface area (Å²) in [4.78, 5) is 8.73. The second-order valence-corrected chi connectivity index (χ2v) is 16.2. The Balaban J connectivity index is 0.000000343. The van der Waals surface area contributed by atoms with E-state index in [9.17, 15) is 0 Å². The SMILES string of the molecule is [2H]C([2H])([2H])c1c[c-]c(-c2ccc(C([2H])([2H])C(C)(C)C)cn2)cc1.[2H]C([2H])([2H])c1cc(-c2cc(-c3[c-]ccc4c3oc3c(C([2H])([2H])[2H])cccc34)ncc2C([2H])([2H])[2H])c(C([2H])([2H])[2H])cc1-c1ccc(C([2H])([2H])C(C)(C)C)cc1.[Ir]. The zero-order valence-electron chi connectivity index (χ0n) is 52.6. The zero-order valence-corrected chi connectivity index (χ0v) is 36.0. The van der Waals surface area contributed by atoms with Crippen LogP contribution < -0.4 is 0 Å². The summed E-state index contributed by atoms with van der Waals surface area (Å²) in [5.74, 6) is 0. The minimum absolute atomic E-state index is 0. The molecule has 3 aromatic heterocycles. The van der Waals surface area contributed by atoms with E-state index in [0.29, 0.717) is 38.7 Å². The number of para-hydroxylation sites is 1. The Morgan fingerprint density at radius 3 is 1.92 bits per heavy atom. The molecule has 59 heavy (non-hydrogen) atoms. The summed E-state index contributed by atoms with van der Waals surface area (Å²) in [5.41, 5.74) is 1.15. The number of aryl methyl sites for hydroxylation is 5. The summed E-state index contributed by atoms with van der Waals surface area (Å²) >= 11 is 0. The van der Waals surface area contributed by atoms with Crippen molar-refractivity contribution in [3.05, 3.63) is 167 Å². The average molecular weight is 972 g/mol. The van der Waals surface area contributed by atoms with Crippen molar-refractivity contribution < 1.29 is 50.6 Å². The molecule has 3 nitrogen and oxygen atoms in total. The number of hydrogen-bond acceptors (Lipinski definition) is 3. The van der Waals surface area contributed by atoms with Crippen LogP contribution in [0.4, 0.5) is 0 Å². The molecule has 0 aliphatic rings. The van der Waals surface area contributed by atoms with E-state index in [-0.39, 0.29) is 87.0 Å². The molecule has 0 saturated carbocycles. The summed E-state index contributed by atoms with van der Waals surface area (Å²) in [6.07, 6.45) is -0.604. The quantitative estimate of drug-likeness (QED) is 0.156. The van der Waals surface area contributed by atoms with Gasteiger partial charge in [0, 0.05) is 63.9 Å². The standard InChI is InChI=1S/C38H36NO.C17H20N.Ir/c1-23-10-8-11-29-30-12-9-13-31(37(30)40-36(23)29)35-20-34(26(4)22-39-35)33-19-24(2)32(18-25(33)3)28-16-14-27(15-17-28)21-38(5,6)7;1-13-5-8-15(9-6-13)16-10-7-14(12-18-16)11-17(2,3)4;/h8-12,14-20,22H,21H2,1-7H3;5-8,10,12H,11H2,1-4H3;/q2*-1;/i1D3,2D3,3D3,4D3,21D2;1D3,11D2;. The molecule has 8 aromatic rings. The van der Waals surface area contributed by atoms with Crippen molar-refractivity contribution in [2.75, 3.05) is 0 Å². The van der Waals surface area contributed by atoms with Crippen molar-refractivity contribution in [3.8, 4) is 44.8 Å². The number of pyridine rings is 2. The van der Waals surface area contributed by atoms with E-state index in [1.165, 1.54) is 36.5 Å². The second-order valence-electron chi connectivity index (χ2n) is 16.2. The largest absolute Gasteiger partial charge is 0.500 e. The molecule has 0 atom stereocenters. The number of rotatable bonds is 6. The molecule has 0 saturated heterocycles. The average Bonchev–Trinajstić information content (AvgIpc) is 3.81. The summed E-state index contributed by atoms with van der Waals surface area (Å²) in [6, 6.07) is 32.1. The summed E-state index contributed by atoms with van der Waals surface area (Å²) < 4.78 is 162. The van der Waals surface area contributed by atoms with Gasteiger partial charge in [-0.15, -0.1) is 53.6 Å². The minimum atomic E-state index is -2.85. The van der Waals surface area contributed by atoms with Gasteiger partial charge in [-0.3, -0.25) is 0 Å². The van der Waals surface area contributed by atoms with Gasteiger partial charge < -0.3 is 14.4 Å². The van der Waals surface area contributed by atoms with Crippen molar-refractivity contribution in [1.29, 1.82) is 0 Å². The molecule has 303 valence electrons. The molecule has 0 spiro atoms. The fourth-order valence-electron chi connectivity index (χ4n) is 6.64. The van der Waals surface area contributed by atoms with Crippen LogP contribution in [0.5, 0.6) is 0 Å². The third-order valence-electron chi connectivity index (χ3n) is 9.15. The smallest absolute Gasteiger partial charge is 0.123 e. The third-order valence-corrected chi connectivity index (χ3v) is 9.15. The fourth-order valence-corrected chi connectivity index (χ4v) is 6.64. The molecule has 0 aliphatic heterocycles. The number of fused-ring (bicyclic) bond motifs is 3. The van der Waals surface area contributed by atoms with Crippen LogP contribution in [-0.2, 0) is 32.9 Å². The molecule has 1 radical (unpaired) electrons. The van der Waals surface area contributed by atoms with Gasteiger partial charge >= 0.3 is 0 Å². The van der Waals surface area contributed by atoms with Gasteiger partial charge in [-0.2, -0.15) is 0 Å². The normalized spacial score (nSPS) is 18.0. The number of furan rings is 1. The summed E-state index contributed by atoms with van der Waals surface area (Å²) in [6.45, 7) is -2.24. The van der Waals surface area contributed by atoms with Crippen molar-refractivity contribution in [2.45, 2.75) is 88.5 Å². The first-order valence-electron chi connectivity index (χ1n) is 28.3. The second kappa shape index (κ2) is 17.6. The van der Waals surface area contributed by atoms with Gasteiger partial charge in [0.15, 0.2) is 0 Å². The maximum Gasteiger partial charge on any atom is 0.123 e. The van der Waals surface area contributed by atoms with Crippen molar-refractivity contribution in [2.24, 2.45) is 10.8 Å². The predicted octanol–water partition coefficient (Wildman–Crippen LogP) is 15.0. The molecular formula is C55H56IrN2O-2. The number of nitrogens with zero attached hydrogens (tertiary/aromatic N) is 2. The molecule has 5 aromatic carbocycles. The Bertz CT molecular complexity index is 3450. The third kappa shape index (κ3) is 10.2.